The van der Waals surface area contributed by atoms with Crippen molar-refractivity contribution >= 4 is 18.0 Å². The molecule has 2 aromatic rings. The molecule has 5 heteroatoms. The lowest BCUT2D eigenvalue weighted by Crippen LogP contribution is -2.17. The quantitative estimate of drug-likeness (QED) is 0.466. The van der Waals surface area contributed by atoms with Gasteiger partial charge in [-0.25, -0.2) is 9.59 Å². The molecule has 2 aromatic carbocycles. The fourth-order valence-corrected chi connectivity index (χ4v) is 1.73. The fraction of sp³-hybridized carbons (Fsp3) is 0.111. The zero-order valence-electron chi connectivity index (χ0n) is 12.6. The minimum atomic E-state index is -0.667. The van der Waals surface area contributed by atoms with Crippen LogP contribution in [0.2, 0.25) is 0 Å². The molecule has 0 heterocycles. The molecule has 2 rings (SSSR count). The predicted molar refractivity (Wildman–Crippen MR) is 85.1 cm³/mol. The lowest BCUT2D eigenvalue weighted by molar-refractivity contribution is -0.150. The highest BCUT2D eigenvalue weighted by atomic mass is 16.6. The largest absolute Gasteiger partial charge is 0.497 e. The summed E-state index contributed by atoms with van der Waals surface area (Å²) in [6, 6.07) is 15.9. The molecule has 0 atom stereocenters. The Labute approximate surface area is 134 Å². The van der Waals surface area contributed by atoms with Gasteiger partial charge in [-0.15, -0.1) is 0 Å². The third-order valence-electron chi connectivity index (χ3n) is 2.82. The van der Waals surface area contributed by atoms with Crippen molar-refractivity contribution in [2.75, 3.05) is 13.7 Å². The molecule has 0 saturated heterocycles. The number of methoxy groups -OCH3 is 1. The van der Waals surface area contributed by atoms with Crippen LogP contribution in [0.3, 0.4) is 0 Å². The first-order valence-corrected chi connectivity index (χ1v) is 6.92. The number of hydrogen-bond acceptors (Lipinski definition) is 5. The van der Waals surface area contributed by atoms with Crippen molar-refractivity contribution in [1.82, 2.24) is 0 Å². The van der Waals surface area contributed by atoms with Gasteiger partial charge >= 0.3 is 11.9 Å². The summed E-state index contributed by atoms with van der Waals surface area (Å²) in [6.45, 7) is -0.463. The van der Waals surface area contributed by atoms with Crippen LogP contribution in [0.25, 0.3) is 6.08 Å². The highest BCUT2D eigenvalue weighted by Gasteiger charge is 2.08. The van der Waals surface area contributed by atoms with E-state index in [9.17, 15) is 9.59 Å². The van der Waals surface area contributed by atoms with Crippen LogP contribution in [0.5, 0.6) is 11.5 Å². The predicted octanol–water partition coefficient (Wildman–Crippen LogP) is 2.86. The lowest BCUT2D eigenvalue weighted by atomic mass is 10.2. The van der Waals surface area contributed by atoms with E-state index in [1.807, 2.05) is 30.3 Å². The molecule has 0 unspecified atom stereocenters. The maximum Gasteiger partial charge on any atom is 0.349 e. The van der Waals surface area contributed by atoms with Gasteiger partial charge in [0.1, 0.15) is 11.5 Å². The minimum absolute atomic E-state index is 0.324. The third-order valence-corrected chi connectivity index (χ3v) is 2.82. The van der Waals surface area contributed by atoms with Crippen LogP contribution in [0, 0.1) is 0 Å². The molecule has 0 spiro atoms. The molecule has 0 aliphatic rings. The van der Waals surface area contributed by atoms with Gasteiger partial charge in [-0.05, 0) is 23.8 Å². The number of benzene rings is 2. The Balaban J connectivity index is 1.79. The molecule has 0 aromatic heterocycles. The van der Waals surface area contributed by atoms with Crippen molar-refractivity contribution in [2.24, 2.45) is 0 Å². The molecule has 23 heavy (non-hydrogen) atoms. The van der Waals surface area contributed by atoms with Crippen LogP contribution in [0.1, 0.15) is 5.56 Å². The Bertz CT molecular complexity index is 692. The average molecular weight is 312 g/mol. The Hall–Kier alpha value is -3.08. The molecule has 0 N–H and O–H groups in total. The standard InChI is InChI=1S/C18H16O5/c1-21-15-8-5-9-16(12-15)23-18(20)13-22-17(19)11-10-14-6-3-2-4-7-14/h2-12H,13H2,1H3/b11-10+. The van der Waals surface area contributed by atoms with Crippen molar-refractivity contribution in [1.29, 1.82) is 0 Å². The maximum absolute atomic E-state index is 11.6. The first-order chi connectivity index (χ1) is 11.2. The summed E-state index contributed by atoms with van der Waals surface area (Å²) in [5, 5.41) is 0. The Morgan fingerprint density at radius 1 is 1.00 bits per heavy atom. The summed E-state index contributed by atoms with van der Waals surface area (Å²) in [5.74, 6) is -0.389. The van der Waals surface area contributed by atoms with Gasteiger partial charge in [0.25, 0.3) is 0 Å². The molecule has 0 saturated carbocycles. The average Bonchev–Trinajstić information content (AvgIpc) is 2.59. The van der Waals surface area contributed by atoms with E-state index in [0.29, 0.717) is 11.5 Å². The summed E-state index contributed by atoms with van der Waals surface area (Å²) in [6.07, 6.45) is 2.86. The molecule has 5 nitrogen and oxygen atoms in total. The number of hydrogen-bond donors (Lipinski definition) is 0. The van der Waals surface area contributed by atoms with Gasteiger partial charge in [-0.3, -0.25) is 0 Å². The van der Waals surface area contributed by atoms with Crippen LogP contribution in [0.4, 0.5) is 0 Å². The van der Waals surface area contributed by atoms with Crippen LogP contribution in [0.15, 0.2) is 60.7 Å². The summed E-state index contributed by atoms with van der Waals surface area (Å²) < 4.78 is 14.9. The van der Waals surface area contributed by atoms with Crippen molar-refractivity contribution in [2.45, 2.75) is 0 Å². The second kappa shape index (κ2) is 8.38. The summed E-state index contributed by atoms with van der Waals surface area (Å²) in [7, 11) is 1.52. The van der Waals surface area contributed by atoms with E-state index in [-0.39, 0.29) is 0 Å². The van der Waals surface area contributed by atoms with Gasteiger partial charge in [0, 0.05) is 12.1 Å². The van der Waals surface area contributed by atoms with Crippen molar-refractivity contribution in [3.8, 4) is 11.5 Å². The van der Waals surface area contributed by atoms with Gasteiger partial charge in [-0.2, -0.15) is 0 Å². The highest BCUT2D eigenvalue weighted by Crippen LogP contribution is 2.18. The zero-order chi connectivity index (χ0) is 16.5. The van der Waals surface area contributed by atoms with E-state index in [0.717, 1.165) is 5.56 Å². The second-order valence-electron chi connectivity index (χ2n) is 4.50. The van der Waals surface area contributed by atoms with Gasteiger partial charge in [0.05, 0.1) is 7.11 Å². The summed E-state index contributed by atoms with van der Waals surface area (Å²) in [5.41, 5.74) is 0.864. The smallest absolute Gasteiger partial charge is 0.349 e. The number of ether oxygens (including phenoxy) is 3. The molecule has 0 aliphatic carbocycles. The summed E-state index contributed by atoms with van der Waals surface area (Å²) >= 11 is 0. The topological polar surface area (TPSA) is 61.8 Å². The molecule has 0 bridgehead atoms. The van der Waals surface area contributed by atoms with Crippen LogP contribution in [-0.2, 0) is 14.3 Å². The Kier molecular flexibility index (Phi) is 5.94. The highest BCUT2D eigenvalue weighted by molar-refractivity contribution is 5.88. The summed E-state index contributed by atoms with van der Waals surface area (Å²) in [4.78, 5) is 23.2. The van der Waals surface area contributed by atoms with E-state index in [4.69, 9.17) is 14.2 Å². The first kappa shape index (κ1) is 16.3. The number of carbonyl (C=O) groups is 2. The molecular weight excluding hydrogens is 296 g/mol. The molecule has 118 valence electrons. The molecule has 0 amide bonds. The number of esters is 2. The monoisotopic (exact) mass is 312 g/mol. The molecular formula is C18H16O5. The van der Waals surface area contributed by atoms with Crippen molar-refractivity contribution in [3.63, 3.8) is 0 Å². The zero-order valence-corrected chi connectivity index (χ0v) is 12.6. The lowest BCUT2D eigenvalue weighted by Gasteiger charge is -2.06. The number of rotatable bonds is 6. The van der Waals surface area contributed by atoms with Crippen molar-refractivity contribution < 1.29 is 23.8 Å². The van der Waals surface area contributed by atoms with E-state index < -0.39 is 18.5 Å². The van der Waals surface area contributed by atoms with Crippen LogP contribution in [-0.4, -0.2) is 25.7 Å². The number of carbonyl (C=O) groups excluding carboxylic acids is 2. The molecule has 0 aliphatic heterocycles. The second-order valence-corrected chi connectivity index (χ2v) is 4.50. The van der Waals surface area contributed by atoms with E-state index in [1.54, 1.807) is 30.3 Å². The van der Waals surface area contributed by atoms with E-state index in [1.165, 1.54) is 13.2 Å². The van der Waals surface area contributed by atoms with Gasteiger partial charge < -0.3 is 14.2 Å². The molecule has 0 fully saturated rings. The van der Waals surface area contributed by atoms with Gasteiger partial charge in [0.2, 0.25) is 0 Å². The SMILES string of the molecule is COc1cccc(OC(=O)COC(=O)/C=C/c2ccccc2)c1. The fourth-order valence-electron chi connectivity index (χ4n) is 1.73. The Morgan fingerprint density at radius 2 is 1.74 bits per heavy atom. The normalized spacial score (nSPS) is 10.3. The first-order valence-electron chi connectivity index (χ1n) is 6.92. The third kappa shape index (κ3) is 5.67. The maximum atomic E-state index is 11.6. The van der Waals surface area contributed by atoms with Crippen LogP contribution >= 0.6 is 0 Å². The van der Waals surface area contributed by atoms with E-state index >= 15 is 0 Å². The Morgan fingerprint density at radius 3 is 2.48 bits per heavy atom. The molecule has 0 radical (unpaired) electrons. The minimum Gasteiger partial charge on any atom is -0.497 e. The van der Waals surface area contributed by atoms with Crippen LogP contribution < -0.4 is 9.47 Å². The van der Waals surface area contributed by atoms with Crippen molar-refractivity contribution in [3.05, 3.63) is 66.2 Å². The van der Waals surface area contributed by atoms with E-state index in [2.05, 4.69) is 0 Å². The van der Waals surface area contributed by atoms with Gasteiger partial charge in [-0.1, -0.05) is 36.4 Å². The van der Waals surface area contributed by atoms with Gasteiger partial charge in [0.15, 0.2) is 6.61 Å².